The van der Waals surface area contributed by atoms with E-state index in [-0.39, 0.29) is 17.1 Å². The van der Waals surface area contributed by atoms with Crippen LogP contribution in [-0.4, -0.2) is 27.5 Å². The fraction of sp³-hybridized carbons (Fsp3) is 0.174. The molecule has 0 aromatic heterocycles. The van der Waals surface area contributed by atoms with E-state index >= 15 is 0 Å². The molecule has 0 saturated carbocycles. The third kappa shape index (κ3) is 5.99. The molecule has 1 amide bonds. The Morgan fingerprint density at radius 2 is 1.62 bits per heavy atom. The van der Waals surface area contributed by atoms with E-state index in [4.69, 9.17) is 16.3 Å². The van der Waals surface area contributed by atoms with Crippen LogP contribution in [0.2, 0.25) is 5.02 Å². The number of nitrogens with one attached hydrogen (secondary N) is 1. The van der Waals surface area contributed by atoms with E-state index in [0.717, 1.165) is 34.1 Å². The van der Waals surface area contributed by atoms with Crippen LogP contribution in [0.5, 0.6) is 5.75 Å². The predicted octanol–water partition coefficient (Wildman–Crippen LogP) is 4.39. The van der Waals surface area contributed by atoms with Crippen molar-refractivity contribution in [2.45, 2.75) is 18.4 Å². The first kappa shape index (κ1) is 23.6. The molecule has 168 valence electrons. The molecule has 32 heavy (non-hydrogen) atoms. The molecule has 0 heterocycles. The summed E-state index contributed by atoms with van der Waals surface area (Å²) < 4.78 is 46.3. The second-order valence-corrected chi connectivity index (χ2v) is 9.09. The lowest BCUT2D eigenvalue weighted by Gasteiger charge is -2.24. The zero-order valence-electron chi connectivity index (χ0n) is 17.3. The first-order valence-electron chi connectivity index (χ1n) is 9.82. The Labute approximate surface area is 191 Å². The second kappa shape index (κ2) is 10.5. The van der Waals surface area contributed by atoms with Crippen LogP contribution in [0.3, 0.4) is 0 Å². The minimum absolute atomic E-state index is 0.127. The monoisotopic (exact) mass is 476 g/mol. The Balaban J connectivity index is 1.84. The number of rotatable bonds is 9. The topological polar surface area (TPSA) is 75.7 Å². The molecule has 0 atom stereocenters. The molecule has 9 heteroatoms. The summed E-state index contributed by atoms with van der Waals surface area (Å²) in [6.45, 7) is 2.05. The van der Waals surface area contributed by atoms with Crippen molar-refractivity contribution in [2.24, 2.45) is 0 Å². The van der Waals surface area contributed by atoms with Crippen molar-refractivity contribution < 1.29 is 22.3 Å². The summed E-state index contributed by atoms with van der Waals surface area (Å²) in [6.07, 6.45) is 0. The Hall–Kier alpha value is -3.10. The SMILES string of the molecule is CCOc1ccc(N(CC(=O)NCc2ccc(Cl)cc2)S(=O)(=O)c2ccc(F)cc2)cc1. The summed E-state index contributed by atoms with van der Waals surface area (Å²) in [4.78, 5) is 12.5. The van der Waals surface area contributed by atoms with E-state index in [0.29, 0.717) is 17.4 Å². The van der Waals surface area contributed by atoms with Crippen molar-refractivity contribution in [1.82, 2.24) is 5.32 Å². The van der Waals surface area contributed by atoms with Gasteiger partial charge < -0.3 is 10.1 Å². The van der Waals surface area contributed by atoms with Crippen LogP contribution >= 0.6 is 11.6 Å². The molecule has 1 N–H and O–H groups in total. The number of hydrogen-bond donors (Lipinski definition) is 1. The molecule has 0 aliphatic heterocycles. The first-order valence-corrected chi connectivity index (χ1v) is 11.6. The highest BCUT2D eigenvalue weighted by atomic mass is 35.5. The maximum Gasteiger partial charge on any atom is 0.264 e. The average molecular weight is 477 g/mol. The molecular weight excluding hydrogens is 455 g/mol. The van der Waals surface area contributed by atoms with Crippen molar-refractivity contribution >= 4 is 33.2 Å². The molecule has 3 rings (SSSR count). The van der Waals surface area contributed by atoms with Crippen LogP contribution in [0, 0.1) is 5.82 Å². The van der Waals surface area contributed by atoms with E-state index in [2.05, 4.69) is 5.32 Å². The Morgan fingerprint density at radius 1 is 1.00 bits per heavy atom. The first-order chi connectivity index (χ1) is 15.3. The number of hydrogen-bond acceptors (Lipinski definition) is 4. The molecule has 0 radical (unpaired) electrons. The van der Waals surface area contributed by atoms with Crippen LogP contribution in [0.4, 0.5) is 10.1 Å². The molecule has 0 spiro atoms. The zero-order valence-corrected chi connectivity index (χ0v) is 18.9. The van der Waals surface area contributed by atoms with Gasteiger partial charge in [-0.05, 0) is 73.2 Å². The van der Waals surface area contributed by atoms with Gasteiger partial charge in [-0.3, -0.25) is 9.10 Å². The zero-order chi connectivity index (χ0) is 23.1. The minimum Gasteiger partial charge on any atom is -0.494 e. The van der Waals surface area contributed by atoms with Crippen LogP contribution in [0.15, 0.2) is 77.7 Å². The van der Waals surface area contributed by atoms with Gasteiger partial charge in [-0.1, -0.05) is 23.7 Å². The highest BCUT2D eigenvalue weighted by Gasteiger charge is 2.27. The van der Waals surface area contributed by atoms with Gasteiger partial charge in [0, 0.05) is 11.6 Å². The summed E-state index contributed by atoms with van der Waals surface area (Å²) in [5.41, 5.74) is 1.09. The molecule has 0 fully saturated rings. The summed E-state index contributed by atoms with van der Waals surface area (Å²) in [5.74, 6) is -0.487. The van der Waals surface area contributed by atoms with Gasteiger partial charge in [-0.2, -0.15) is 0 Å². The highest BCUT2D eigenvalue weighted by molar-refractivity contribution is 7.92. The number of carbonyl (C=O) groups excluding carboxylic acids is 1. The third-order valence-electron chi connectivity index (χ3n) is 4.53. The number of benzene rings is 3. The maximum absolute atomic E-state index is 13.3. The van der Waals surface area contributed by atoms with Gasteiger partial charge in [0.25, 0.3) is 10.0 Å². The smallest absolute Gasteiger partial charge is 0.264 e. The summed E-state index contributed by atoms with van der Waals surface area (Å²) >= 11 is 5.87. The molecule has 0 aliphatic rings. The third-order valence-corrected chi connectivity index (χ3v) is 6.57. The van der Waals surface area contributed by atoms with Gasteiger partial charge in [0.15, 0.2) is 0 Å². The standard InChI is InChI=1S/C23H22ClFN2O4S/c1-2-31-21-11-9-20(10-12-21)27(32(29,30)22-13-7-19(25)8-14-22)16-23(28)26-15-17-3-5-18(24)6-4-17/h3-14H,2,15-16H2,1H3,(H,26,28). The van der Waals surface area contributed by atoms with E-state index in [1.165, 1.54) is 0 Å². The number of amides is 1. The van der Waals surface area contributed by atoms with Crippen molar-refractivity contribution in [3.05, 3.63) is 89.2 Å². The van der Waals surface area contributed by atoms with Gasteiger partial charge in [0.1, 0.15) is 18.1 Å². The lowest BCUT2D eigenvalue weighted by atomic mass is 10.2. The fourth-order valence-electron chi connectivity index (χ4n) is 2.91. The number of sulfonamides is 1. The van der Waals surface area contributed by atoms with Crippen LogP contribution < -0.4 is 14.4 Å². The van der Waals surface area contributed by atoms with Crippen molar-refractivity contribution in [2.75, 3.05) is 17.5 Å². The largest absolute Gasteiger partial charge is 0.494 e. The van der Waals surface area contributed by atoms with Gasteiger partial charge in [-0.25, -0.2) is 12.8 Å². The highest BCUT2D eigenvalue weighted by Crippen LogP contribution is 2.26. The van der Waals surface area contributed by atoms with Gasteiger partial charge in [-0.15, -0.1) is 0 Å². The number of anilines is 1. The van der Waals surface area contributed by atoms with Gasteiger partial charge in [0.05, 0.1) is 17.2 Å². The summed E-state index contributed by atoms with van der Waals surface area (Å²) in [5, 5.41) is 3.29. The summed E-state index contributed by atoms with van der Waals surface area (Å²) in [6, 6.07) is 17.7. The minimum atomic E-state index is -4.13. The molecule has 0 aliphatic carbocycles. The lowest BCUT2D eigenvalue weighted by molar-refractivity contribution is -0.119. The van der Waals surface area contributed by atoms with E-state index in [1.54, 1.807) is 48.5 Å². The quantitative estimate of drug-likeness (QED) is 0.497. The van der Waals surface area contributed by atoms with Crippen LogP contribution in [0.1, 0.15) is 12.5 Å². The average Bonchev–Trinajstić information content (AvgIpc) is 2.78. The van der Waals surface area contributed by atoms with Crippen molar-refractivity contribution in [3.63, 3.8) is 0 Å². The number of carbonyl (C=O) groups is 1. The molecule has 6 nitrogen and oxygen atoms in total. The molecule has 3 aromatic carbocycles. The van der Waals surface area contributed by atoms with Crippen molar-refractivity contribution in [3.8, 4) is 5.75 Å². The van der Waals surface area contributed by atoms with Crippen molar-refractivity contribution in [1.29, 1.82) is 0 Å². The van der Waals surface area contributed by atoms with E-state index in [1.807, 2.05) is 6.92 Å². The van der Waals surface area contributed by atoms with Gasteiger partial charge >= 0.3 is 0 Å². The fourth-order valence-corrected chi connectivity index (χ4v) is 4.46. The molecule has 0 saturated heterocycles. The summed E-state index contributed by atoms with van der Waals surface area (Å²) in [7, 11) is -4.13. The van der Waals surface area contributed by atoms with Gasteiger partial charge in [0.2, 0.25) is 5.91 Å². The second-order valence-electron chi connectivity index (χ2n) is 6.80. The Morgan fingerprint density at radius 3 is 2.22 bits per heavy atom. The normalized spacial score (nSPS) is 11.1. The van der Waals surface area contributed by atoms with Crippen LogP contribution in [0.25, 0.3) is 0 Å². The van der Waals surface area contributed by atoms with Crippen LogP contribution in [-0.2, 0) is 21.4 Å². The number of nitrogens with zero attached hydrogens (tertiary/aromatic N) is 1. The Bertz CT molecular complexity index is 1150. The molecule has 0 bridgehead atoms. The molecular formula is C23H22ClFN2O4S. The molecule has 0 unspecified atom stereocenters. The number of halogens is 2. The van der Waals surface area contributed by atoms with E-state index in [9.17, 15) is 17.6 Å². The predicted molar refractivity (Wildman–Crippen MR) is 122 cm³/mol. The maximum atomic E-state index is 13.3. The Kier molecular flexibility index (Phi) is 7.71. The number of ether oxygens (including phenoxy) is 1. The van der Waals surface area contributed by atoms with E-state index < -0.39 is 28.3 Å². The molecule has 3 aromatic rings. The lowest BCUT2D eigenvalue weighted by Crippen LogP contribution is -2.40.